The normalized spacial score (nSPS) is 10.7. The molecule has 3 aromatic rings. The number of rotatable bonds is 9. The third-order valence-corrected chi connectivity index (χ3v) is 4.86. The van der Waals surface area contributed by atoms with Crippen molar-refractivity contribution in [2.45, 2.75) is 18.0 Å². The van der Waals surface area contributed by atoms with Crippen molar-refractivity contribution in [3.05, 3.63) is 71.5 Å². The number of hydrogen-bond acceptors (Lipinski definition) is 6. The predicted molar refractivity (Wildman–Crippen MR) is 104 cm³/mol. The van der Waals surface area contributed by atoms with Crippen LogP contribution in [0.5, 0.6) is 5.75 Å². The van der Waals surface area contributed by atoms with Crippen molar-refractivity contribution in [2.24, 2.45) is 0 Å². The molecule has 2 aromatic carbocycles. The largest absolute Gasteiger partial charge is 0.494 e. The van der Waals surface area contributed by atoms with E-state index in [0.717, 1.165) is 23.6 Å². The van der Waals surface area contributed by atoms with Crippen LogP contribution in [0.4, 0.5) is 0 Å². The van der Waals surface area contributed by atoms with E-state index in [-0.39, 0.29) is 5.56 Å². The maximum Gasteiger partial charge on any atom is 0.335 e. The summed E-state index contributed by atoms with van der Waals surface area (Å²) in [7, 11) is 0. The van der Waals surface area contributed by atoms with Crippen molar-refractivity contribution in [2.75, 3.05) is 18.2 Å². The number of thioether (sulfide) groups is 1. The summed E-state index contributed by atoms with van der Waals surface area (Å²) in [5.41, 5.74) is 1.38. The molecule has 0 spiro atoms. The number of benzene rings is 2. The van der Waals surface area contributed by atoms with Crippen LogP contribution in [0.1, 0.15) is 28.2 Å². The molecule has 0 unspecified atom stereocenters. The van der Waals surface area contributed by atoms with E-state index in [1.807, 2.05) is 30.3 Å². The smallest absolute Gasteiger partial charge is 0.335 e. The van der Waals surface area contributed by atoms with Gasteiger partial charge in [0.05, 0.1) is 12.2 Å². The van der Waals surface area contributed by atoms with E-state index < -0.39 is 5.97 Å². The number of hydrogen-bond donors (Lipinski definition) is 2. The monoisotopic (exact) mass is 384 g/mol. The Morgan fingerprint density at radius 2 is 1.85 bits per heavy atom. The summed E-state index contributed by atoms with van der Waals surface area (Å²) >= 11 is 1.53. The van der Waals surface area contributed by atoms with Crippen molar-refractivity contribution in [1.82, 2.24) is 14.9 Å². The van der Waals surface area contributed by atoms with E-state index in [9.17, 15) is 4.79 Å². The van der Waals surface area contributed by atoms with Gasteiger partial charge in [-0.2, -0.15) is 0 Å². The van der Waals surface area contributed by atoms with Crippen LogP contribution in [-0.2, 0) is 6.42 Å². The lowest BCUT2D eigenvalue weighted by atomic mass is 10.1. The number of aromatic carboxylic acids is 1. The molecule has 8 heteroatoms. The molecule has 0 bridgehead atoms. The van der Waals surface area contributed by atoms with Gasteiger partial charge in [0.15, 0.2) is 5.82 Å². The third kappa shape index (κ3) is 5.24. The lowest BCUT2D eigenvalue weighted by Gasteiger charge is -2.06. The topological polar surface area (TPSA) is 103 Å². The van der Waals surface area contributed by atoms with Gasteiger partial charge in [0.2, 0.25) is 5.16 Å². The fourth-order valence-corrected chi connectivity index (χ4v) is 3.20. The zero-order valence-corrected chi connectivity index (χ0v) is 15.4. The highest BCUT2D eigenvalue weighted by molar-refractivity contribution is 7.99. The van der Waals surface area contributed by atoms with Crippen molar-refractivity contribution < 1.29 is 14.6 Å². The van der Waals surface area contributed by atoms with E-state index in [1.165, 1.54) is 28.6 Å². The molecule has 0 amide bonds. The van der Waals surface area contributed by atoms with Gasteiger partial charge in [-0.1, -0.05) is 42.1 Å². The summed E-state index contributed by atoms with van der Waals surface area (Å²) in [6, 6.07) is 16.4. The Morgan fingerprint density at radius 1 is 1.11 bits per heavy atom. The highest BCUT2D eigenvalue weighted by atomic mass is 32.2. The van der Waals surface area contributed by atoms with Crippen LogP contribution in [0.15, 0.2) is 59.8 Å². The highest BCUT2D eigenvalue weighted by Crippen LogP contribution is 2.18. The lowest BCUT2D eigenvalue weighted by molar-refractivity contribution is 0.0697. The number of carboxylic acids is 1. The fraction of sp³-hybridized carbons (Fsp3) is 0.211. The maximum absolute atomic E-state index is 10.8. The minimum absolute atomic E-state index is 0.242. The SMILES string of the molecule is Nn1c(Cc2ccccc2)nnc1SCCCOc1ccc(C(=O)O)cc1. The number of nitrogen functional groups attached to an aromatic ring is 1. The zero-order valence-electron chi connectivity index (χ0n) is 14.6. The molecule has 0 fully saturated rings. The van der Waals surface area contributed by atoms with Crippen molar-refractivity contribution in [1.29, 1.82) is 0 Å². The van der Waals surface area contributed by atoms with Crippen molar-refractivity contribution >= 4 is 17.7 Å². The minimum atomic E-state index is -0.949. The first-order valence-corrected chi connectivity index (χ1v) is 9.44. The second-order valence-corrected chi connectivity index (χ2v) is 6.87. The second-order valence-electron chi connectivity index (χ2n) is 5.81. The summed E-state index contributed by atoms with van der Waals surface area (Å²) < 4.78 is 7.14. The number of ether oxygens (including phenoxy) is 1. The van der Waals surface area contributed by atoms with Gasteiger partial charge in [0.25, 0.3) is 0 Å². The van der Waals surface area contributed by atoms with Gasteiger partial charge in [-0.15, -0.1) is 10.2 Å². The summed E-state index contributed by atoms with van der Waals surface area (Å²) in [6.07, 6.45) is 1.44. The van der Waals surface area contributed by atoms with E-state index in [2.05, 4.69) is 10.2 Å². The molecule has 1 heterocycles. The van der Waals surface area contributed by atoms with Gasteiger partial charge >= 0.3 is 5.97 Å². The Hall–Kier alpha value is -3.00. The van der Waals surface area contributed by atoms with Gasteiger partial charge in [0, 0.05) is 12.2 Å². The van der Waals surface area contributed by atoms with E-state index in [1.54, 1.807) is 12.1 Å². The Balaban J connectivity index is 1.42. The molecule has 0 aliphatic carbocycles. The molecule has 7 nitrogen and oxygen atoms in total. The predicted octanol–water partition coefficient (Wildman–Crippen LogP) is 2.84. The average molecular weight is 384 g/mol. The number of nitrogens with two attached hydrogens (primary N) is 1. The molecule has 0 radical (unpaired) electrons. The van der Waals surface area contributed by atoms with Gasteiger partial charge < -0.3 is 15.7 Å². The summed E-state index contributed by atoms with van der Waals surface area (Å²) in [5, 5.41) is 17.9. The molecule has 1 aromatic heterocycles. The molecule has 3 N–H and O–H groups in total. The van der Waals surface area contributed by atoms with Crippen LogP contribution >= 0.6 is 11.8 Å². The second kappa shape index (κ2) is 9.09. The fourth-order valence-electron chi connectivity index (χ4n) is 2.41. The van der Waals surface area contributed by atoms with Crippen LogP contribution in [-0.4, -0.2) is 38.3 Å². The minimum Gasteiger partial charge on any atom is -0.494 e. The number of aromatic nitrogens is 3. The number of nitrogens with zero attached hydrogens (tertiary/aromatic N) is 3. The van der Waals surface area contributed by atoms with Crippen LogP contribution in [0.25, 0.3) is 0 Å². The molecule has 0 atom stereocenters. The Labute approximate surface area is 161 Å². The standard InChI is InChI=1S/C19H20N4O3S/c20-23-17(13-14-5-2-1-3-6-14)21-22-19(23)27-12-4-11-26-16-9-7-15(8-10-16)18(24)25/h1-3,5-10H,4,11-13,20H2,(H,24,25). The van der Waals surface area contributed by atoms with Gasteiger partial charge in [-0.05, 0) is 36.2 Å². The van der Waals surface area contributed by atoms with E-state index >= 15 is 0 Å². The third-order valence-electron chi connectivity index (χ3n) is 3.83. The van der Waals surface area contributed by atoms with Crippen molar-refractivity contribution in [3.8, 4) is 5.75 Å². The van der Waals surface area contributed by atoms with Gasteiger partial charge in [-0.25, -0.2) is 9.47 Å². The molecule has 0 aliphatic heterocycles. The first-order valence-electron chi connectivity index (χ1n) is 8.46. The Morgan fingerprint density at radius 3 is 2.56 bits per heavy atom. The highest BCUT2D eigenvalue weighted by Gasteiger charge is 2.10. The van der Waals surface area contributed by atoms with Gasteiger partial charge in [-0.3, -0.25) is 0 Å². The van der Waals surface area contributed by atoms with Gasteiger partial charge in [0.1, 0.15) is 5.75 Å². The lowest BCUT2D eigenvalue weighted by Crippen LogP contribution is -2.14. The summed E-state index contributed by atoms with van der Waals surface area (Å²) in [4.78, 5) is 10.8. The average Bonchev–Trinajstić information content (AvgIpc) is 3.02. The first kappa shape index (κ1) is 18.8. The van der Waals surface area contributed by atoms with E-state index in [4.69, 9.17) is 15.7 Å². The molecule has 0 saturated heterocycles. The molecular formula is C19H20N4O3S. The molecular weight excluding hydrogens is 364 g/mol. The molecule has 140 valence electrons. The summed E-state index contributed by atoms with van der Waals surface area (Å²) in [6.45, 7) is 0.523. The number of carboxylic acid groups (broad SMARTS) is 1. The molecule has 27 heavy (non-hydrogen) atoms. The van der Waals surface area contributed by atoms with Crippen LogP contribution in [0.3, 0.4) is 0 Å². The quantitative estimate of drug-likeness (QED) is 0.332. The molecule has 3 rings (SSSR count). The first-order chi connectivity index (χ1) is 13.1. The number of carbonyl (C=O) groups is 1. The Kier molecular flexibility index (Phi) is 6.32. The molecule has 0 saturated carbocycles. The summed E-state index contributed by atoms with van der Waals surface area (Å²) in [5.74, 6) is 7.30. The van der Waals surface area contributed by atoms with E-state index in [0.29, 0.717) is 23.9 Å². The van der Waals surface area contributed by atoms with Crippen LogP contribution < -0.4 is 10.6 Å². The zero-order chi connectivity index (χ0) is 19.1. The Bertz CT molecular complexity index is 882. The van der Waals surface area contributed by atoms with Crippen LogP contribution in [0, 0.1) is 0 Å². The molecule has 0 aliphatic rings. The van der Waals surface area contributed by atoms with Crippen molar-refractivity contribution in [3.63, 3.8) is 0 Å². The van der Waals surface area contributed by atoms with Crippen LogP contribution in [0.2, 0.25) is 0 Å². The maximum atomic E-state index is 10.8.